The molecule has 1 aromatic heterocycles. The molecule has 1 aromatic carbocycles. The molecule has 0 aliphatic carbocycles. The first-order valence-electron chi connectivity index (χ1n) is 12.3. The number of halogens is 5. The number of anilines is 2. The van der Waals surface area contributed by atoms with E-state index in [1.807, 2.05) is 11.9 Å². The third kappa shape index (κ3) is 5.29. The number of methoxy groups -OCH3 is 1. The van der Waals surface area contributed by atoms with E-state index < -0.39 is 53.0 Å². The number of likely N-dealkylation sites (N-methyl/N-ethyl adjacent to an activating group) is 1. The zero-order valence-electron chi connectivity index (χ0n) is 21.8. The molecule has 4 atom stereocenters. The van der Waals surface area contributed by atoms with Crippen LogP contribution >= 0.6 is 0 Å². The van der Waals surface area contributed by atoms with E-state index in [-0.39, 0.29) is 29.5 Å². The van der Waals surface area contributed by atoms with Gasteiger partial charge >= 0.3 is 6.18 Å². The van der Waals surface area contributed by atoms with Crippen molar-refractivity contribution in [2.45, 2.75) is 44.1 Å². The van der Waals surface area contributed by atoms with E-state index in [1.165, 1.54) is 30.2 Å². The Morgan fingerprint density at radius 2 is 1.95 bits per heavy atom. The number of carbonyl (C=O) groups is 2. The van der Waals surface area contributed by atoms with Crippen molar-refractivity contribution < 1.29 is 41.0 Å². The summed E-state index contributed by atoms with van der Waals surface area (Å²) in [6.45, 7) is 3.34. The summed E-state index contributed by atoms with van der Waals surface area (Å²) in [7, 11) is 2.88. The van der Waals surface area contributed by atoms with Crippen LogP contribution in [0.2, 0.25) is 0 Å². The van der Waals surface area contributed by atoms with Crippen molar-refractivity contribution in [1.29, 1.82) is 0 Å². The Kier molecular flexibility index (Phi) is 7.86. The molecule has 212 valence electrons. The molecule has 2 amide bonds. The van der Waals surface area contributed by atoms with Crippen molar-refractivity contribution in [1.82, 2.24) is 9.88 Å². The monoisotopic (exact) mass is 556 g/mol. The van der Waals surface area contributed by atoms with Crippen molar-refractivity contribution in [2.24, 2.45) is 5.92 Å². The third-order valence-corrected chi connectivity index (χ3v) is 7.49. The molecule has 2 aliphatic heterocycles. The quantitative estimate of drug-likeness (QED) is 0.559. The molecule has 3 heterocycles. The van der Waals surface area contributed by atoms with Crippen molar-refractivity contribution in [2.75, 3.05) is 44.0 Å². The number of hydrogen-bond acceptors (Lipinski definition) is 6. The predicted octanol–water partition coefficient (Wildman–Crippen LogP) is 4.12. The first-order chi connectivity index (χ1) is 18.3. The highest BCUT2D eigenvalue weighted by Gasteiger charge is 2.66. The van der Waals surface area contributed by atoms with Crippen molar-refractivity contribution in [3.05, 3.63) is 47.7 Å². The standard InChI is InChI=1S/C26H29F5N4O4/c1-14-20(16-6-7-17(27)21(28)22(16)38-4)23(39-25(14,2)26(29,30)31)24(37)33-15-8-9-32-18(12-15)35-11-5-10-34(3)13-19(35)36/h6-9,12,14,20,23H,5,10-11,13H2,1-4H3,(H,32,33,37)/t14-,20-,23+,25+/m0/s1. The molecule has 4 rings (SSSR count). The average molecular weight is 557 g/mol. The predicted molar refractivity (Wildman–Crippen MR) is 131 cm³/mol. The van der Waals surface area contributed by atoms with E-state index >= 15 is 0 Å². The maximum atomic E-state index is 14.5. The van der Waals surface area contributed by atoms with Gasteiger partial charge in [0.25, 0.3) is 5.91 Å². The highest BCUT2D eigenvalue weighted by molar-refractivity contribution is 5.97. The second-order valence-electron chi connectivity index (χ2n) is 9.97. The van der Waals surface area contributed by atoms with Crippen LogP contribution < -0.4 is 15.0 Å². The van der Waals surface area contributed by atoms with Gasteiger partial charge in [-0.3, -0.25) is 19.4 Å². The van der Waals surface area contributed by atoms with Crippen molar-refractivity contribution in [3.63, 3.8) is 0 Å². The molecule has 0 unspecified atom stereocenters. The fraction of sp³-hybridized carbons (Fsp3) is 0.500. The van der Waals surface area contributed by atoms with Gasteiger partial charge in [-0.15, -0.1) is 0 Å². The molecule has 2 fully saturated rings. The summed E-state index contributed by atoms with van der Waals surface area (Å²) in [5.74, 6) is -6.81. The summed E-state index contributed by atoms with van der Waals surface area (Å²) < 4.78 is 81.3. The zero-order valence-corrected chi connectivity index (χ0v) is 21.8. The molecular formula is C26H29F5N4O4. The van der Waals surface area contributed by atoms with Crippen LogP contribution in [0, 0.1) is 17.6 Å². The zero-order chi connectivity index (χ0) is 28.7. The second kappa shape index (κ2) is 10.7. The van der Waals surface area contributed by atoms with Crippen LogP contribution in [0.25, 0.3) is 0 Å². The Hall–Kier alpha value is -3.32. The second-order valence-corrected chi connectivity index (χ2v) is 9.97. The molecule has 1 N–H and O–H groups in total. The molecule has 0 saturated carbocycles. The van der Waals surface area contributed by atoms with Gasteiger partial charge in [0.05, 0.1) is 13.7 Å². The third-order valence-electron chi connectivity index (χ3n) is 7.49. The maximum Gasteiger partial charge on any atom is 0.417 e. The Morgan fingerprint density at radius 1 is 1.23 bits per heavy atom. The van der Waals surface area contributed by atoms with Gasteiger partial charge in [0, 0.05) is 48.4 Å². The summed E-state index contributed by atoms with van der Waals surface area (Å²) in [6, 6.07) is 4.72. The van der Waals surface area contributed by atoms with E-state index in [4.69, 9.17) is 9.47 Å². The number of ether oxygens (including phenoxy) is 2. The molecule has 0 bridgehead atoms. The Bertz CT molecular complexity index is 1260. The molecule has 13 heteroatoms. The molecule has 2 aromatic rings. The van der Waals surface area contributed by atoms with Crippen LogP contribution in [0.1, 0.15) is 31.7 Å². The summed E-state index contributed by atoms with van der Waals surface area (Å²) in [4.78, 5) is 33.6. The van der Waals surface area contributed by atoms with Gasteiger partial charge in [0.1, 0.15) is 11.9 Å². The molecule has 0 spiro atoms. The molecule has 2 aliphatic rings. The number of aromatic nitrogens is 1. The molecule has 2 saturated heterocycles. The Labute approximate surface area is 222 Å². The Morgan fingerprint density at radius 3 is 2.62 bits per heavy atom. The number of nitrogens with zero attached hydrogens (tertiary/aromatic N) is 3. The number of alkyl halides is 3. The number of nitrogens with one attached hydrogen (secondary N) is 1. The minimum absolute atomic E-state index is 0.133. The SMILES string of the molecule is COc1c([C@H]2[C@H](C(=O)Nc3ccnc(N4CCCN(C)CC4=O)c3)O[C@@](C)(C(F)(F)F)[C@H]2C)ccc(F)c1F. The van der Waals surface area contributed by atoms with Crippen molar-refractivity contribution >= 4 is 23.3 Å². The van der Waals surface area contributed by atoms with Gasteiger partial charge in [0.15, 0.2) is 17.2 Å². The van der Waals surface area contributed by atoms with Crippen LogP contribution in [0.3, 0.4) is 0 Å². The lowest BCUT2D eigenvalue weighted by Crippen LogP contribution is -2.47. The van der Waals surface area contributed by atoms with Gasteiger partial charge in [-0.05, 0) is 32.5 Å². The van der Waals surface area contributed by atoms with Crippen LogP contribution in [-0.4, -0.2) is 73.4 Å². The van der Waals surface area contributed by atoms with Crippen LogP contribution in [0.15, 0.2) is 30.5 Å². The number of benzene rings is 1. The lowest BCUT2D eigenvalue weighted by atomic mass is 9.77. The first-order valence-corrected chi connectivity index (χ1v) is 12.3. The largest absolute Gasteiger partial charge is 0.493 e. The highest BCUT2D eigenvalue weighted by atomic mass is 19.4. The molecular weight excluding hydrogens is 527 g/mol. The molecule has 8 nitrogen and oxygen atoms in total. The van der Waals surface area contributed by atoms with Gasteiger partial charge in [-0.25, -0.2) is 9.37 Å². The van der Waals surface area contributed by atoms with Gasteiger partial charge < -0.3 is 14.8 Å². The average Bonchev–Trinajstić information content (AvgIpc) is 3.03. The van der Waals surface area contributed by atoms with Crippen LogP contribution in [-0.2, 0) is 14.3 Å². The maximum absolute atomic E-state index is 14.5. The normalized spacial score (nSPS) is 26.4. The Balaban J connectivity index is 1.68. The minimum Gasteiger partial charge on any atom is -0.493 e. The molecule has 39 heavy (non-hydrogen) atoms. The van der Waals surface area contributed by atoms with E-state index in [0.717, 1.165) is 26.2 Å². The van der Waals surface area contributed by atoms with Gasteiger partial charge in [-0.2, -0.15) is 17.6 Å². The lowest BCUT2D eigenvalue weighted by molar-refractivity contribution is -0.272. The van der Waals surface area contributed by atoms with E-state index in [1.54, 1.807) is 0 Å². The first kappa shape index (κ1) is 28.7. The van der Waals surface area contributed by atoms with Crippen LogP contribution in [0.5, 0.6) is 5.75 Å². The van der Waals surface area contributed by atoms with Gasteiger partial charge in [-0.1, -0.05) is 13.0 Å². The number of carbonyl (C=O) groups excluding carboxylic acids is 2. The number of rotatable bonds is 5. The van der Waals surface area contributed by atoms with E-state index in [9.17, 15) is 31.5 Å². The highest BCUT2D eigenvalue weighted by Crippen LogP contribution is 2.55. The number of hydrogen-bond donors (Lipinski definition) is 1. The summed E-state index contributed by atoms with van der Waals surface area (Å²) in [6.07, 6.45) is -4.56. The fourth-order valence-corrected chi connectivity index (χ4v) is 5.16. The van der Waals surface area contributed by atoms with Crippen LogP contribution in [0.4, 0.5) is 33.5 Å². The summed E-state index contributed by atoms with van der Waals surface area (Å²) >= 11 is 0. The minimum atomic E-state index is -4.88. The van der Waals surface area contributed by atoms with Crippen molar-refractivity contribution in [3.8, 4) is 5.75 Å². The number of amides is 2. The number of pyridine rings is 1. The summed E-state index contributed by atoms with van der Waals surface area (Å²) in [5, 5.41) is 2.55. The van der Waals surface area contributed by atoms with E-state index in [2.05, 4.69) is 10.3 Å². The smallest absolute Gasteiger partial charge is 0.417 e. The lowest BCUT2D eigenvalue weighted by Gasteiger charge is -2.32. The fourth-order valence-electron chi connectivity index (χ4n) is 5.16. The van der Waals surface area contributed by atoms with E-state index in [0.29, 0.717) is 19.5 Å². The topological polar surface area (TPSA) is 84.0 Å². The summed E-state index contributed by atoms with van der Waals surface area (Å²) in [5.41, 5.74) is -2.74. The van der Waals surface area contributed by atoms with Gasteiger partial charge in [0.2, 0.25) is 11.7 Å². The molecule has 0 radical (unpaired) electrons.